The van der Waals surface area contributed by atoms with E-state index in [9.17, 15) is 0 Å². The lowest BCUT2D eigenvalue weighted by Gasteiger charge is -2.16. The fraction of sp³-hybridized carbons (Fsp3) is 0.0952. The van der Waals surface area contributed by atoms with Gasteiger partial charge in [0.2, 0.25) is 23.5 Å². The van der Waals surface area contributed by atoms with E-state index < -0.39 is 0 Å². The Hall–Kier alpha value is -8.34. The highest BCUT2D eigenvalue weighted by atomic mass is 15.3. The van der Waals surface area contributed by atoms with Crippen molar-refractivity contribution >= 4 is 73.2 Å². The molecule has 9 heterocycles. The van der Waals surface area contributed by atoms with Crippen LogP contribution in [0, 0.1) is 13.8 Å². The van der Waals surface area contributed by atoms with Crippen LogP contribution < -0.4 is 10.6 Å². The van der Waals surface area contributed by atoms with Gasteiger partial charge in [-0.25, -0.2) is 34.3 Å². The van der Waals surface area contributed by atoms with E-state index in [1.165, 1.54) is 6.33 Å². The van der Waals surface area contributed by atoms with Gasteiger partial charge in [-0.15, -0.1) is 0 Å². The van der Waals surface area contributed by atoms with Crippen LogP contribution in [-0.4, -0.2) is 71.7 Å². The van der Waals surface area contributed by atoms with Gasteiger partial charge in [-0.1, -0.05) is 0 Å². The summed E-state index contributed by atoms with van der Waals surface area (Å²) in [5.74, 6) is 3.63. The zero-order valence-electron chi connectivity index (χ0n) is 32.2. The fourth-order valence-electron chi connectivity index (χ4n) is 8.00. The number of rotatable bonds is 8. The Labute approximate surface area is 333 Å². The molecule has 0 unspecified atom stereocenters. The summed E-state index contributed by atoms with van der Waals surface area (Å²) < 4.78 is 14.1. The van der Waals surface area contributed by atoms with Gasteiger partial charge in [0.1, 0.15) is 19.0 Å². The van der Waals surface area contributed by atoms with E-state index in [0.717, 1.165) is 72.5 Å². The number of hydrogen-bond donors (Lipinski definition) is 2. The van der Waals surface area contributed by atoms with Crippen molar-refractivity contribution in [2.24, 2.45) is 14.1 Å². The quantitative estimate of drug-likeness (QED) is 0.163. The molecule has 0 radical (unpaired) electrons. The molecule has 0 amide bonds. The summed E-state index contributed by atoms with van der Waals surface area (Å²) in [7, 11) is 3.98. The third kappa shape index (κ3) is 4.84. The molecule has 12 aromatic rings. The van der Waals surface area contributed by atoms with E-state index in [0.29, 0.717) is 35.1 Å². The van der Waals surface area contributed by atoms with Crippen molar-refractivity contribution in [3.63, 3.8) is 0 Å². The van der Waals surface area contributed by atoms with E-state index in [-0.39, 0.29) is 0 Å². The van der Waals surface area contributed by atoms with Crippen molar-refractivity contribution < 1.29 is 0 Å². The van der Waals surface area contributed by atoms with Gasteiger partial charge in [-0.3, -0.25) is 9.13 Å². The molecule has 17 nitrogen and oxygen atoms in total. The van der Waals surface area contributed by atoms with Crippen LogP contribution in [0.2, 0.25) is 0 Å². The number of aryl methyl sites for hydroxylation is 2. The first-order chi connectivity index (χ1) is 28.9. The number of benzene rings is 2. The summed E-state index contributed by atoms with van der Waals surface area (Å²) in [5, 5.41) is 8.95. The van der Waals surface area contributed by atoms with Crippen molar-refractivity contribution in [3.8, 4) is 23.0 Å². The molecule has 0 aliphatic rings. The zero-order chi connectivity index (χ0) is 39.5. The second kappa shape index (κ2) is 12.1. The van der Waals surface area contributed by atoms with E-state index >= 15 is 0 Å². The maximum atomic E-state index is 5.16. The van der Waals surface area contributed by atoms with Crippen LogP contribution in [0.25, 0.3) is 72.9 Å². The number of fused-ring (bicyclic) bond motifs is 2. The molecule has 17 heteroatoms. The molecule has 0 aliphatic carbocycles. The molecule has 286 valence electrons. The molecule has 12 rings (SSSR count). The number of anilines is 4. The van der Waals surface area contributed by atoms with Crippen LogP contribution in [0.5, 0.6) is 0 Å². The summed E-state index contributed by atoms with van der Waals surface area (Å²) in [6.45, 7) is 4.05. The highest BCUT2D eigenvalue weighted by Gasteiger charge is 2.25. The van der Waals surface area contributed by atoms with E-state index in [2.05, 4.69) is 76.1 Å². The van der Waals surface area contributed by atoms with Crippen molar-refractivity contribution in [3.05, 3.63) is 128 Å². The van der Waals surface area contributed by atoms with E-state index in [1.807, 2.05) is 125 Å². The minimum absolute atomic E-state index is 0.451. The lowest BCUT2D eigenvalue weighted by molar-refractivity contribution is 0.884. The Morgan fingerprint density at radius 1 is 0.525 bits per heavy atom. The molecule has 2 N–H and O–H groups in total. The highest BCUT2D eigenvalue weighted by Crippen LogP contribution is 2.38. The molecule has 9 aromatic heterocycles. The van der Waals surface area contributed by atoms with Crippen LogP contribution in [0.15, 0.2) is 117 Å². The molecule has 3 aromatic carbocycles. The SMILES string of the molecule is Cc1cnc(Nc2cc(-n3cccc3)cc3ncn(-c4nc5ncnc6nc(-n7cnc8cc(-n9cccc9)cc(Nc9ncc(C)n9C)c87)c7ccc4c7n56)c23)n1C. The van der Waals surface area contributed by atoms with Crippen LogP contribution in [0.3, 0.4) is 0 Å². The van der Waals surface area contributed by atoms with Gasteiger partial charge < -0.3 is 28.9 Å². The zero-order valence-corrected chi connectivity index (χ0v) is 32.2. The Kier molecular flexibility index (Phi) is 6.73. The van der Waals surface area contributed by atoms with Crippen molar-refractivity contribution in [1.29, 1.82) is 0 Å². The van der Waals surface area contributed by atoms with Gasteiger partial charge in [0.15, 0.2) is 11.6 Å². The summed E-state index contributed by atoms with van der Waals surface area (Å²) in [6, 6.07) is 20.5. The van der Waals surface area contributed by atoms with Crippen molar-refractivity contribution in [2.45, 2.75) is 13.8 Å². The molecule has 0 saturated carbocycles. The standard InChI is InChI=1S/C42H33N17/c1-24-19-43-39(53(24)3)49-32-17-26(55-11-5-6-12-55)15-30-35(32)57(22-47-30)37-28-9-10-29-34(28)59-41(51-37)45-21-46-42(59)52-38(29)58-23-48-31-16-27(56-13-7-8-14-56)18-33(36(31)58)50-40-44-20-25(2)54(40)4/h5-23H,1-4H3,(H,43,49)(H,44,50). The third-order valence-electron chi connectivity index (χ3n) is 11.2. The van der Waals surface area contributed by atoms with Gasteiger partial charge in [0, 0.05) is 72.4 Å². The predicted molar refractivity (Wildman–Crippen MR) is 225 cm³/mol. The smallest absolute Gasteiger partial charge is 0.240 e. The lowest BCUT2D eigenvalue weighted by Crippen LogP contribution is -2.10. The van der Waals surface area contributed by atoms with Gasteiger partial charge in [0.05, 0.1) is 51.4 Å². The average Bonchev–Trinajstić information content (AvgIpc) is 4.11. The topological polar surface area (TPSA) is 161 Å². The molecule has 0 aliphatic heterocycles. The van der Waals surface area contributed by atoms with Crippen LogP contribution >= 0.6 is 0 Å². The van der Waals surface area contributed by atoms with Gasteiger partial charge in [0.25, 0.3) is 0 Å². The molecule has 0 atom stereocenters. The Morgan fingerprint density at radius 3 is 1.41 bits per heavy atom. The molecular weight excluding hydrogens is 743 g/mol. The average molecular weight is 776 g/mol. The number of imidazole rings is 4. The largest absolute Gasteiger partial charge is 0.324 e. The Balaban J connectivity index is 1.09. The maximum absolute atomic E-state index is 5.16. The van der Waals surface area contributed by atoms with Gasteiger partial charge in [-0.05, 0) is 74.5 Å². The van der Waals surface area contributed by atoms with Crippen LogP contribution in [-0.2, 0) is 14.1 Å². The van der Waals surface area contributed by atoms with Gasteiger partial charge >= 0.3 is 0 Å². The molecule has 59 heavy (non-hydrogen) atoms. The first-order valence-electron chi connectivity index (χ1n) is 18.9. The maximum Gasteiger partial charge on any atom is 0.240 e. The van der Waals surface area contributed by atoms with Crippen molar-refractivity contribution in [1.82, 2.24) is 71.7 Å². The van der Waals surface area contributed by atoms with Crippen LogP contribution in [0.1, 0.15) is 11.4 Å². The second-order valence-corrected chi connectivity index (χ2v) is 14.6. The summed E-state index contributed by atoms with van der Waals surface area (Å²) in [6.07, 6.45) is 16.9. The van der Waals surface area contributed by atoms with Crippen LogP contribution in [0.4, 0.5) is 23.3 Å². The summed E-state index contributed by atoms with van der Waals surface area (Å²) >= 11 is 0. The molecule has 0 spiro atoms. The molecule has 0 fully saturated rings. The minimum Gasteiger partial charge on any atom is -0.324 e. The Bertz CT molecular complexity index is 3330. The number of nitrogens with one attached hydrogen (secondary N) is 2. The Morgan fingerprint density at radius 2 is 0.983 bits per heavy atom. The van der Waals surface area contributed by atoms with E-state index in [1.54, 1.807) is 0 Å². The molecule has 0 saturated heterocycles. The van der Waals surface area contributed by atoms with E-state index in [4.69, 9.17) is 19.9 Å². The third-order valence-corrected chi connectivity index (χ3v) is 11.2. The number of nitrogens with zero attached hydrogens (tertiary/aromatic N) is 15. The normalized spacial score (nSPS) is 12.1. The van der Waals surface area contributed by atoms with Crippen molar-refractivity contribution in [2.75, 3.05) is 10.6 Å². The second-order valence-electron chi connectivity index (χ2n) is 14.6. The molecular formula is C42H33N17. The summed E-state index contributed by atoms with van der Waals surface area (Å²) in [5.41, 5.74) is 9.70. The summed E-state index contributed by atoms with van der Waals surface area (Å²) in [4.78, 5) is 38.8. The highest BCUT2D eigenvalue weighted by molar-refractivity contribution is 6.08. The lowest BCUT2D eigenvalue weighted by atomic mass is 10.2. The first kappa shape index (κ1) is 32.9. The number of hydrogen-bond acceptors (Lipinski definition) is 10. The first-order valence-corrected chi connectivity index (χ1v) is 18.9. The van der Waals surface area contributed by atoms with Gasteiger partial charge in [-0.2, -0.15) is 9.97 Å². The fourth-order valence-corrected chi connectivity index (χ4v) is 8.00. The molecule has 0 bridgehead atoms. The monoisotopic (exact) mass is 775 g/mol. The minimum atomic E-state index is 0.451. The predicted octanol–water partition coefficient (Wildman–Crippen LogP) is 7.09. The number of aromatic nitrogens is 15.